The average Bonchev–Trinajstić information content (AvgIpc) is 2.96. The molecule has 0 bridgehead atoms. The molecule has 0 aromatic heterocycles. The summed E-state index contributed by atoms with van der Waals surface area (Å²) in [5.41, 5.74) is 1.04. The van der Waals surface area contributed by atoms with Gasteiger partial charge in [-0.15, -0.1) is 0 Å². The van der Waals surface area contributed by atoms with E-state index in [-0.39, 0.29) is 11.7 Å². The van der Waals surface area contributed by atoms with E-state index in [1.165, 1.54) is 11.6 Å². The van der Waals surface area contributed by atoms with Gasteiger partial charge in [0.05, 0.1) is 12.4 Å². The van der Waals surface area contributed by atoms with Gasteiger partial charge in [-0.3, -0.25) is 9.69 Å². The molecule has 0 radical (unpaired) electrons. The molecule has 2 aliphatic heterocycles. The van der Waals surface area contributed by atoms with Crippen molar-refractivity contribution in [2.24, 2.45) is 0 Å². The van der Waals surface area contributed by atoms with Crippen LogP contribution in [0, 0.1) is 5.82 Å². The number of nitrogens with one attached hydrogen (secondary N) is 1. The lowest BCUT2D eigenvalue weighted by atomic mass is 9.85. The maximum Gasteiger partial charge on any atom is 0.247 e. The van der Waals surface area contributed by atoms with Crippen LogP contribution in [-0.4, -0.2) is 36.1 Å². The van der Waals surface area contributed by atoms with Gasteiger partial charge in [-0.2, -0.15) is 0 Å². The first-order valence-corrected chi connectivity index (χ1v) is 9.24. The predicted molar refractivity (Wildman–Crippen MR) is 101 cm³/mol. The zero-order valence-corrected chi connectivity index (χ0v) is 15.2. The van der Waals surface area contributed by atoms with Crippen LogP contribution < -0.4 is 10.2 Å². The number of nitrogens with zero attached hydrogens (tertiary/aromatic N) is 2. The Bertz CT molecular complexity index is 803. The first-order valence-electron chi connectivity index (χ1n) is 8.86. The number of rotatable bonds is 3. The first kappa shape index (κ1) is 17.3. The number of likely N-dealkylation sites (tertiary alicyclic amines) is 1. The van der Waals surface area contributed by atoms with Crippen LogP contribution >= 0.6 is 11.6 Å². The van der Waals surface area contributed by atoms with Gasteiger partial charge in [0.15, 0.2) is 0 Å². The minimum Gasteiger partial charge on any atom is -0.337 e. The molecule has 4 nitrogen and oxygen atoms in total. The predicted octanol–water partition coefficient (Wildman–Crippen LogP) is 3.41. The minimum atomic E-state index is -0.654. The first-order chi connectivity index (χ1) is 12.6. The van der Waals surface area contributed by atoms with Gasteiger partial charge in [0.25, 0.3) is 0 Å². The van der Waals surface area contributed by atoms with Crippen LogP contribution in [0.5, 0.6) is 0 Å². The molecule has 2 saturated heterocycles. The van der Waals surface area contributed by atoms with E-state index in [2.05, 4.69) is 10.2 Å². The van der Waals surface area contributed by atoms with Crippen molar-refractivity contribution in [2.45, 2.75) is 24.9 Å². The lowest BCUT2D eigenvalue weighted by Gasteiger charge is -2.43. The van der Waals surface area contributed by atoms with E-state index in [0.29, 0.717) is 25.2 Å². The van der Waals surface area contributed by atoms with Gasteiger partial charge in [0.1, 0.15) is 11.4 Å². The fourth-order valence-corrected chi connectivity index (χ4v) is 4.13. The topological polar surface area (TPSA) is 35.6 Å². The number of halogens is 2. The van der Waals surface area contributed by atoms with Crippen LogP contribution in [0.25, 0.3) is 0 Å². The van der Waals surface area contributed by atoms with Gasteiger partial charge in [0, 0.05) is 24.7 Å². The van der Waals surface area contributed by atoms with Crippen molar-refractivity contribution >= 4 is 23.2 Å². The van der Waals surface area contributed by atoms with E-state index in [1.807, 2.05) is 35.2 Å². The highest BCUT2D eigenvalue weighted by Crippen LogP contribution is 2.37. The molecule has 1 N–H and O–H groups in total. The Kier molecular flexibility index (Phi) is 4.59. The number of para-hydroxylation sites is 1. The van der Waals surface area contributed by atoms with Gasteiger partial charge < -0.3 is 10.2 Å². The number of hydrogen-bond acceptors (Lipinski definition) is 3. The monoisotopic (exact) mass is 373 g/mol. The molecule has 0 atom stereocenters. The molecular formula is C20H21ClFN3O. The number of carbonyl (C=O) groups excluding carboxylic acids is 1. The van der Waals surface area contributed by atoms with Crippen molar-refractivity contribution < 1.29 is 9.18 Å². The molecular weight excluding hydrogens is 353 g/mol. The summed E-state index contributed by atoms with van der Waals surface area (Å²) in [6.07, 6.45) is 1.36. The number of carbonyl (C=O) groups is 1. The van der Waals surface area contributed by atoms with E-state index >= 15 is 0 Å². The summed E-state index contributed by atoms with van der Waals surface area (Å²) in [5, 5.41) is 3.64. The van der Waals surface area contributed by atoms with Gasteiger partial charge in [-0.05, 0) is 42.7 Å². The maximum atomic E-state index is 14.3. The van der Waals surface area contributed by atoms with Crippen LogP contribution in [0.1, 0.15) is 18.4 Å². The summed E-state index contributed by atoms with van der Waals surface area (Å²) < 4.78 is 14.3. The Morgan fingerprint density at radius 1 is 1.08 bits per heavy atom. The third kappa shape index (κ3) is 3.06. The summed E-state index contributed by atoms with van der Waals surface area (Å²) in [6.45, 7) is 2.77. The zero-order valence-electron chi connectivity index (χ0n) is 14.4. The Morgan fingerprint density at radius 3 is 2.46 bits per heavy atom. The molecule has 0 unspecified atom stereocenters. The van der Waals surface area contributed by atoms with E-state index in [4.69, 9.17) is 11.6 Å². The second kappa shape index (κ2) is 6.89. The summed E-state index contributed by atoms with van der Waals surface area (Å²) in [5.74, 6) is -0.279. The third-order valence-corrected chi connectivity index (χ3v) is 5.73. The van der Waals surface area contributed by atoms with Crippen molar-refractivity contribution in [1.29, 1.82) is 0 Å². The lowest BCUT2D eigenvalue weighted by molar-refractivity contribution is -0.125. The van der Waals surface area contributed by atoms with E-state index in [1.54, 1.807) is 12.1 Å². The molecule has 26 heavy (non-hydrogen) atoms. The second-order valence-corrected chi connectivity index (χ2v) is 7.41. The zero-order chi connectivity index (χ0) is 18.1. The number of amides is 1. The van der Waals surface area contributed by atoms with Crippen LogP contribution in [0.3, 0.4) is 0 Å². The molecule has 0 saturated carbocycles. The highest BCUT2D eigenvalue weighted by Gasteiger charge is 2.50. The van der Waals surface area contributed by atoms with Gasteiger partial charge in [-0.25, -0.2) is 4.39 Å². The Balaban J connectivity index is 1.50. The highest BCUT2D eigenvalue weighted by atomic mass is 35.5. The fourth-order valence-electron chi connectivity index (χ4n) is 4.00. The van der Waals surface area contributed by atoms with E-state index in [0.717, 1.165) is 24.7 Å². The van der Waals surface area contributed by atoms with E-state index < -0.39 is 5.54 Å². The number of anilines is 1. The smallest absolute Gasteiger partial charge is 0.247 e. The van der Waals surface area contributed by atoms with Crippen LogP contribution in [0.2, 0.25) is 5.02 Å². The highest BCUT2D eigenvalue weighted by molar-refractivity contribution is 6.30. The molecule has 2 fully saturated rings. The minimum absolute atomic E-state index is 0.00639. The quantitative estimate of drug-likeness (QED) is 0.895. The van der Waals surface area contributed by atoms with Gasteiger partial charge in [0.2, 0.25) is 5.91 Å². The molecule has 136 valence electrons. The van der Waals surface area contributed by atoms with Crippen molar-refractivity contribution in [3.8, 4) is 0 Å². The molecule has 1 amide bonds. The molecule has 4 rings (SSSR count). The summed E-state index contributed by atoms with van der Waals surface area (Å²) in [4.78, 5) is 16.9. The Hall–Kier alpha value is -2.11. The van der Waals surface area contributed by atoms with Crippen LogP contribution in [-0.2, 0) is 11.3 Å². The summed E-state index contributed by atoms with van der Waals surface area (Å²) >= 11 is 5.95. The maximum absolute atomic E-state index is 14.3. The van der Waals surface area contributed by atoms with E-state index in [9.17, 15) is 9.18 Å². The van der Waals surface area contributed by atoms with Crippen LogP contribution in [0.15, 0.2) is 48.5 Å². The average molecular weight is 374 g/mol. The SMILES string of the molecule is O=C1NCN(c2ccccc2F)C12CCN(Cc1ccc(Cl)cc1)CC2. The van der Waals surface area contributed by atoms with Crippen molar-refractivity contribution in [2.75, 3.05) is 24.7 Å². The van der Waals surface area contributed by atoms with Gasteiger partial charge >= 0.3 is 0 Å². The second-order valence-electron chi connectivity index (χ2n) is 6.98. The van der Waals surface area contributed by atoms with Crippen molar-refractivity contribution in [3.05, 3.63) is 64.9 Å². The molecule has 2 aromatic rings. The number of benzene rings is 2. The van der Waals surface area contributed by atoms with Crippen molar-refractivity contribution in [3.63, 3.8) is 0 Å². The normalized spacial score (nSPS) is 19.8. The number of piperidine rings is 1. The summed E-state index contributed by atoms with van der Waals surface area (Å²) in [6, 6.07) is 14.5. The molecule has 6 heteroatoms. The molecule has 2 heterocycles. The van der Waals surface area contributed by atoms with Gasteiger partial charge in [-0.1, -0.05) is 35.9 Å². The number of hydrogen-bond donors (Lipinski definition) is 1. The molecule has 1 spiro atoms. The molecule has 2 aromatic carbocycles. The molecule has 0 aliphatic carbocycles. The van der Waals surface area contributed by atoms with Crippen molar-refractivity contribution in [1.82, 2.24) is 10.2 Å². The fraction of sp³-hybridized carbons (Fsp3) is 0.350. The standard InChI is InChI=1S/C20H21ClFN3O/c21-16-7-5-15(6-8-16)13-24-11-9-20(10-12-24)19(26)23-14-25(20)18-4-2-1-3-17(18)22/h1-8H,9-14H2,(H,23,26). The Labute approximate surface area is 157 Å². The molecule has 2 aliphatic rings. The Morgan fingerprint density at radius 2 is 1.77 bits per heavy atom. The largest absolute Gasteiger partial charge is 0.337 e. The summed E-state index contributed by atoms with van der Waals surface area (Å²) in [7, 11) is 0. The lowest BCUT2D eigenvalue weighted by Crippen LogP contribution is -2.56. The van der Waals surface area contributed by atoms with Crippen LogP contribution in [0.4, 0.5) is 10.1 Å². The third-order valence-electron chi connectivity index (χ3n) is 5.48.